The molecular weight excluding hydrogens is 519 g/mol. The van der Waals surface area contributed by atoms with E-state index in [2.05, 4.69) is 19.9 Å². The van der Waals surface area contributed by atoms with Gasteiger partial charge in [0, 0.05) is 52.9 Å². The van der Waals surface area contributed by atoms with Crippen LogP contribution in [0, 0.1) is 5.92 Å². The summed E-state index contributed by atoms with van der Waals surface area (Å²) in [5.74, 6) is 1.34. The van der Waals surface area contributed by atoms with Gasteiger partial charge in [-0.25, -0.2) is 13.1 Å². The summed E-state index contributed by atoms with van der Waals surface area (Å²) in [7, 11) is 0.259. The highest BCUT2D eigenvalue weighted by Gasteiger charge is 2.21. The van der Waals surface area contributed by atoms with Crippen molar-refractivity contribution in [3.05, 3.63) is 29.8 Å². The minimum atomic E-state index is -3.52. The zero-order valence-electron chi connectivity index (χ0n) is 17.7. The topological polar surface area (TPSA) is 92.3 Å². The number of ether oxygens (including phenoxy) is 2. The normalized spacial score (nSPS) is 22.0. The van der Waals surface area contributed by atoms with Gasteiger partial charge >= 0.3 is 0 Å². The number of sulfonamides is 1. The van der Waals surface area contributed by atoms with Gasteiger partial charge in [-0.3, -0.25) is 4.99 Å². The number of aliphatic imine (C=N–C) groups is 1. The van der Waals surface area contributed by atoms with Crippen LogP contribution in [0.1, 0.15) is 24.8 Å². The molecule has 1 aromatic carbocycles. The largest absolute Gasteiger partial charge is 0.381 e. The number of nitrogens with zero attached hydrogens (tertiary/aromatic N) is 2. The van der Waals surface area contributed by atoms with Crippen LogP contribution in [0.4, 0.5) is 0 Å². The van der Waals surface area contributed by atoms with E-state index >= 15 is 0 Å². The van der Waals surface area contributed by atoms with Crippen LogP contribution in [0.15, 0.2) is 34.2 Å². The molecule has 2 aliphatic heterocycles. The summed E-state index contributed by atoms with van der Waals surface area (Å²) in [6, 6.07) is 6.92. The molecule has 2 unspecified atom stereocenters. The predicted molar refractivity (Wildman–Crippen MR) is 128 cm³/mol. The first-order valence-corrected chi connectivity index (χ1v) is 11.7. The number of halogens is 1. The fourth-order valence-electron chi connectivity index (χ4n) is 3.64. The molecule has 8 nitrogen and oxygen atoms in total. The van der Waals surface area contributed by atoms with Crippen molar-refractivity contribution in [3.63, 3.8) is 0 Å². The maximum atomic E-state index is 12.4. The van der Waals surface area contributed by atoms with Gasteiger partial charge in [0.25, 0.3) is 0 Å². The first kappa shape index (κ1) is 25.3. The highest BCUT2D eigenvalue weighted by Crippen LogP contribution is 2.15. The molecule has 170 valence electrons. The van der Waals surface area contributed by atoms with E-state index in [1.165, 1.54) is 0 Å². The van der Waals surface area contributed by atoms with Gasteiger partial charge in [-0.2, -0.15) is 0 Å². The lowest BCUT2D eigenvalue weighted by molar-refractivity contribution is 0.114. The number of hydrogen-bond acceptors (Lipinski definition) is 5. The van der Waals surface area contributed by atoms with Gasteiger partial charge in [0.15, 0.2) is 5.96 Å². The van der Waals surface area contributed by atoms with Crippen LogP contribution in [0.5, 0.6) is 0 Å². The van der Waals surface area contributed by atoms with Crippen LogP contribution in [0.2, 0.25) is 0 Å². The van der Waals surface area contributed by atoms with Crippen molar-refractivity contribution in [3.8, 4) is 0 Å². The number of nitrogens with one attached hydrogen (secondary N) is 2. The van der Waals surface area contributed by atoms with E-state index in [1.54, 1.807) is 19.2 Å². The van der Waals surface area contributed by atoms with Crippen molar-refractivity contribution < 1.29 is 17.9 Å². The molecule has 30 heavy (non-hydrogen) atoms. The minimum Gasteiger partial charge on any atom is -0.381 e. The first-order chi connectivity index (χ1) is 14.0. The molecule has 0 aliphatic carbocycles. The van der Waals surface area contributed by atoms with Crippen LogP contribution in [0.3, 0.4) is 0 Å². The summed E-state index contributed by atoms with van der Waals surface area (Å²) in [5.41, 5.74) is 0.988. The van der Waals surface area contributed by atoms with Crippen LogP contribution in [-0.2, 0) is 26.0 Å². The Hall–Kier alpha value is -0.950. The standard InChI is InChI=1S/C20H32N4O4S.HI/c1-21-20(24(2)14-17-9-11-27-15-17)22-12-16-5-7-19(8-6-16)29(25,26)23-13-18-4-3-10-28-18;/h5-8,17-18,23H,3-4,9-15H2,1-2H3,(H,21,22);1H. The maximum Gasteiger partial charge on any atom is 0.240 e. The van der Waals surface area contributed by atoms with E-state index in [0.29, 0.717) is 25.6 Å². The van der Waals surface area contributed by atoms with Crippen LogP contribution < -0.4 is 10.0 Å². The van der Waals surface area contributed by atoms with Gasteiger partial charge in [-0.15, -0.1) is 24.0 Å². The summed E-state index contributed by atoms with van der Waals surface area (Å²) >= 11 is 0. The summed E-state index contributed by atoms with van der Waals surface area (Å²) in [6.07, 6.45) is 2.95. The molecule has 2 aliphatic rings. The Morgan fingerprint density at radius 2 is 2.00 bits per heavy atom. The Morgan fingerprint density at radius 1 is 1.23 bits per heavy atom. The van der Waals surface area contributed by atoms with Crippen molar-refractivity contribution in [2.75, 3.05) is 47.0 Å². The number of rotatable bonds is 8. The van der Waals surface area contributed by atoms with Crippen LogP contribution >= 0.6 is 24.0 Å². The third-order valence-corrected chi connectivity index (χ3v) is 6.78. The van der Waals surface area contributed by atoms with Gasteiger partial charge in [0.2, 0.25) is 10.0 Å². The zero-order valence-corrected chi connectivity index (χ0v) is 20.8. The number of guanidine groups is 1. The SMILES string of the molecule is CN=C(NCc1ccc(S(=O)(=O)NCC2CCCO2)cc1)N(C)CC1CCOC1.I. The van der Waals surface area contributed by atoms with E-state index in [0.717, 1.165) is 50.5 Å². The highest BCUT2D eigenvalue weighted by atomic mass is 127. The minimum absolute atomic E-state index is 0. The lowest BCUT2D eigenvalue weighted by atomic mass is 10.1. The summed E-state index contributed by atoms with van der Waals surface area (Å²) in [4.78, 5) is 6.71. The molecule has 10 heteroatoms. The second-order valence-electron chi connectivity index (χ2n) is 7.64. The Morgan fingerprint density at radius 3 is 2.60 bits per heavy atom. The smallest absolute Gasteiger partial charge is 0.240 e. The number of benzene rings is 1. The van der Waals surface area contributed by atoms with Crippen LogP contribution in [0.25, 0.3) is 0 Å². The van der Waals surface area contributed by atoms with Crippen molar-refractivity contribution in [2.24, 2.45) is 10.9 Å². The van der Waals surface area contributed by atoms with Crippen molar-refractivity contribution in [1.82, 2.24) is 14.9 Å². The van der Waals surface area contributed by atoms with Crippen molar-refractivity contribution in [2.45, 2.75) is 36.8 Å². The Labute approximate surface area is 196 Å². The molecule has 2 N–H and O–H groups in total. The van der Waals surface area contributed by atoms with Gasteiger partial charge in [0.1, 0.15) is 0 Å². The average Bonchev–Trinajstić information content (AvgIpc) is 3.41. The average molecular weight is 552 g/mol. The molecule has 0 bridgehead atoms. The molecule has 0 spiro atoms. The highest BCUT2D eigenvalue weighted by molar-refractivity contribution is 14.0. The zero-order chi connectivity index (χ0) is 20.7. The molecule has 2 fully saturated rings. The van der Waals surface area contributed by atoms with E-state index in [9.17, 15) is 8.42 Å². The second-order valence-corrected chi connectivity index (χ2v) is 9.41. The fraction of sp³-hybridized carbons (Fsp3) is 0.650. The lowest BCUT2D eigenvalue weighted by Crippen LogP contribution is -2.41. The molecular formula is C20H33IN4O4S. The van der Waals surface area contributed by atoms with Crippen LogP contribution in [-0.4, -0.2) is 72.4 Å². The summed E-state index contributed by atoms with van der Waals surface area (Å²) in [5, 5.41) is 3.33. The van der Waals surface area contributed by atoms with E-state index in [-0.39, 0.29) is 35.0 Å². The molecule has 2 heterocycles. The van der Waals surface area contributed by atoms with Crippen molar-refractivity contribution >= 4 is 40.0 Å². The molecule has 2 saturated heterocycles. The second kappa shape index (κ2) is 12.2. The van der Waals surface area contributed by atoms with Gasteiger partial charge in [-0.05, 0) is 37.0 Å². The van der Waals surface area contributed by atoms with E-state index < -0.39 is 10.0 Å². The Balaban J connectivity index is 0.00000320. The van der Waals surface area contributed by atoms with E-state index in [1.807, 2.05) is 19.2 Å². The van der Waals surface area contributed by atoms with E-state index in [4.69, 9.17) is 9.47 Å². The fourth-order valence-corrected chi connectivity index (χ4v) is 4.71. The molecule has 2 atom stereocenters. The molecule has 0 aromatic heterocycles. The molecule has 0 saturated carbocycles. The number of hydrogen-bond donors (Lipinski definition) is 2. The summed E-state index contributed by atoms with van der Waals surface area (Å²) in [6.45, 7) is 4.14. The monoisotopic (exact) mass is 552 g/mol. The lowest BCUT2D eigenvalue weighted by Gasteiger charge is -2.24. The Bertz CT molecular complexity index is 777. The summed E-state index contributed by atoms with van der Waals surface area (Å²) < 4.78 is 38.4. The van der Waals surface area contributed by atoms with Crippen molar-refractivity contribution in [1.29, 1.82) is 0 Å². The molecule has 3 rings (SSSR count). The van der Waals surface area contributed by atoms with Gasteiger partial charge < -0.3 is 19.7 Å². The maximum absolute atomic E-state index is 12.4. The molecule has 1 aromatic rings. The molecule has 0 radical (unpaired) electrons. The van der Waals surface area contributed by atoms with Gasteiger partial charge in [-0.1, -0.05) is 12.1 Å². The third-order valence-electron chi connectivity index (χ3n) is 5.34. The van der Waals surface area contributed by atoms with Gasteiger partial charge in [0.05, 0.1) is 17.6 Å². The molecule has 0 amide bonds. The third kappa shape index (κ3) is 7.33. The predicted octanol–water partition coefficient (Wildman–Crippen LogP) is 1.81. The quantitative estimate of drug-likeness (QED) is 0.291. The first-order valence-electron chi connectivity index (χ1n) is 10.2. The Kier molecular flexibility index (Phi) is 10.3.